The van der Waals surface area contributed by atoms with Crippen molar-refractivity contribution in [2.45, 2.75) is 21.4 Å². The van der Waals surface area contributed by atoms with Gasteiger partial charge in [0.2, 0.25) is 2.14 Å². The maximum absolute atomic E-state index is 11.4. The Labute approximate surface area is 122 Å². The van der Waals surface area contributed by atoms with Crippen LogP contribution in [0.5, 0.6) is 0 Å². The van der Waals surface area contributed by atoms with Crippen molar-refractivity contribution in [1.82, 2.24) is 0 Å². The van der Waals surface area contributed by atoms with Crippen LogP contribution < -0.4 is 0 Å². The molecule has 1 rings (SSSR count). The predicted octanol–water partition coefficient (Wildman–Crippen LogP) is 3.00. The van der Waals surface area contributed by atoms with Crippen LogP contribution in [-0.4, -0.2) is 45.9 Å². The first-order valence-corrected chi connectivity index (χ1v) is 7.79. The van der Waals surface area contributed by atoms with Gasteiger partial charge in [-0.1, -0.05) is 0 Å². The van der Waals surface area contributed by atoms with Crippen LogP contribution in [0, 0.1) is 0 Å². The van der Waals surface area contributed by atoms with Gasteiger partial charge in [0.1, 0.15) is 13.2 Å². The quantitative estimate of drug-likeness (QED) is 0.397. The van der Waals surface area contributed by atoms with Gasteiger partial charge in [0.15, 0.2) is 0 Å². The average Bonchev–Trinajstić information content (AvgIpc) is 2.17. The van der Waals surface area contributed by atoms with Crippen molar-refractivity contribution in [3.05, 3.63) is 0 Å². The minimum atomic E-state index is -0.937. The molecule has 1 aliphatic heterocycles. The summed E-state index contributed by atoms with van der Waals surface area (Å²) in [6, 6.07) is 0. The van der Waals surface area contributed by atoms with Gasteiger partial charge in [-0.05, 0) is 67.1 Å². The molecule has 0 radical (unpaired) electrons. The lowest BCUT2D eigenvalue weighted by atomic mass is 10.1. The Morgan fingerprint density at radius 1 is 1.25 bits per heavy atom. The van der Waals surface area contributed by atoms with Crippen molar-refractivity contribution in [3.63, 3.8) is 0 Å². The second-order valence-corrected chi connectivity index (χ2v) is 11.2. The number of nitrogens with zero attached hydrogens (tertiary/aromatic N) is 1. The molecule has 0 atom stereocenters. The number of halogens is 3. The smallest absolute Gasteiger partial charge is 0.345 e. The number of ether oxygens (including phenoxy) is 1. The lowest BCUT2D eigenvalue weighted by Gasteiger charge is -2.37. The highest BCUT2D eigenvalue weighted by molar-refractivity contribution is 9.40. The third-order valence-corrected chi connectivity index (χ3v) is 3.96. The lowest BCUT2D eigenvalue weighted by Crippen LogP contribution is -2.50. The van der Waals surface area contributed by atoms with Crippen LogP contribution in [0.1, 0.15) is 19.3 Å². The van der Waals surface area contributed by atoms with E-state index in [0.29, 0.717) is 6.61 Å². The fourth-order valence-electron chi connectivity index (χ4n) is 1.94. The molecule has 0 amide bonds. The SMILES string of the molecule is C[N+]1(CCOC(=O)C(Br)(Br)Br)CCCCC1. The summed E-state index contributed by atoms with van der Waals surface area (Å²) in [6.07, 6.45) is 3.90. The number of carbonyl (C=O) groups excluding carboxylic acids is 1. The zero-order valence-electron chi connectivity index (χ0n) is 9.35. The molecule has 6 heteroatoms. The monoisotopic (exact) mass is 420 g/mol. The number of alkyl halides is 3. The zero-order valence-corrected chi connectivity index (χ0v) is 14.1. The molecule has 0 aromatic carbocycles. The molecule has 0 saturated carbocycles. The van der Waals surface area contributed by atoms with E-state index in [1.54, 1.807) is 0 Å². The van der Waals surface area contributed by atoms with E-state index in [2.05, 4.69) is 54.8 Å². The van der Waals surface area contributed by atoms with E-state index in [0.717, 1.165) is 11.0 Å². The van der Waals surface area contributed by atoms with E-state index in [1.165, 1.54) is 32.4 Å². The fraction of sp³-hybridized carbons (Fsp3) is 0.900. The van der Waals surface area contributed by atoms with Gasteiger partial charge in [0.05, 0.1) is 20.1 Å². The molecule has 1 fully saturated rings. The van der Waals surface area contributed by atoms with E-state index in [-0.39, 0.29) is 5.97 Å². The van der Waals surface area contributed by atoms with Crippen LogP contribution in [0.15, 0.2) is 0 Å². The van der Waals surface area contributed by atoms with Crippen LogP contribution >= 0.6 is 47.8 Å². The molecule has 94 valence electrons. The Morgan fingerprint density at radius 2 is 1.81 bits per heavy atom. The number of likely N-dealkylation sites (N-methyl/N-ethyl adjacent to an activating group) is 1. The van der Waals surface area contributed by atoms with Gasteiger partial charge in [0, 0.05) is 0 Å². The average molecular weight is 423 g/mol. The molecule has 0 spiro atoms. The molecule has 0 N–H and O–H groups in total. The van der Waals surface area contributed by atoms with Crippen molar-refractivity contribution < 1.29 is 14.0 Å². The normalized spacial score (nSPS) is 20.5. The van der Waals surface area contributed by atoms with Gasteiger partial charge in [-0.15, -0.1) is 0 Å². The topological polar surface area (TPSA) is 26.3 Å². The number of carbonyl (C=O) groups is 1. The molecule has 0 aliphatic carbocycles. The predicted molar refractivity (Wildman–Crippen MR) is 75.1 cm³/mol. The molecular weight excluding hydrogens is 406 g/mol. The molecule has 1 aliphatic rings. The summed E-state index contributed by atoms with van der Waals surface area (Å²) < 4.78 is 5.26. The zero-order chi connectivity index (χ0) is 12.2. The van der Waals surface area contributed by atoms with Crippen LogP contribution in [-0.2, 0) is 9.53 Å². The maximum Gasteiger partial charge on any atom is 0.345 e. The summed E-state index contributed by atoms with van der Waals surface area (Å²) in [5.74, 6) is -0.337. The van der Waals surface area contributed by atoms with Gasteiger partial charge < -0.3 is 9.22 Å². The largest absolute Gasteiger partial charge is 0.457 e. The standard InChI is InChI=1S/C10H17Br3NO2/c1-14(5-3-2-4-6-14)7-8-16-9(15)10(11,12)13/h2-8H2,1H3/q+1. The second kappa shape index (κ2) is 6.16. The first kappa shape index (κ1) is 14.9. The van der Waals surface area contributed by atoms with E-state index in [1.807, 2.05) is 0 Å². The van der Waals surface area contributed by atoms with E-state index in [4.69, 9.17) is 4.74 Å². The molecule has 0 aromatic heterocycles. The number of hydrogen-bond acceptors (Lipinski definition) is 2. The molecule has 16 heavy (non-hydrogen) atoms. The second-order valence-electron chi connectivity index (χ2n) is 4.48. The number of esters is 1. The first-order chi connectivity index (χ1) is 7.33. The Morgan fingerprint density at radius 3 is 2.31 bits per heavy atom. The van der Waals surface area contributed by atoms with Crippen LogP contribution in [0.25, 0.3) is 0 Å². The molecule has 1 heterocycles. The van der Waals surface area contributed by atoms with E-state index < -0.39 is 2.14 Å². The Kier molecular flexibility index (Phi) is 5.75. The molecule has 1 saturated heterocycles. The summed E-state index contributed by atoms with van der Waals surface area (Å²) in [7, 11) is 2.23. The molecular formula is C10H17Br3NO2+. The highest BCUT2D eigenvalue weighted by Crippen LogP contribution is 2.34. The van der Waals surface area contributed by atoms with Gasteiger partial charge in [-0.3, -0.25) is 0 Å². The Bertz CT molecular complexity index is 247. The lowest BCUT2D eigenvalue weighted by molar-refractivity contribution is -0.914. The van der Waals surface area contributed by atoms with Crippen molar-refractivity contribution in [3.8, 4) is 0 Å². The van der Waals surface area contributed by atoms with E-state index >= 15 is 0 Å². The van der Waals surface area contributed by atoms with Gasteiger partial charge in [-0.2, -0.15) is 0 Å². The van der Waals surface area contributed by atoms with Crippen LogP contribution in [0.3, 0.4) is 0 Å². The summed E-state index contributed by atoms with van der Waals surface area (Å²) in [4.78, 5) is 11.4. The molecule has 0 bridgehead atoms. The van der Waals surface area contributed by atoms with Crippen molar-refractivity contribution in [1.29, 1.82) is 0 Å². The van der Waals surface area contributed by atoms with Crippen molar-refractivity contribution in [2.75, 3.05) is 33.3 Å². The molecule has 3 nitrogen and oxygen atoms in total. The highest BCUT2D eigenvalue weighted by Gasteiger charge is 2.31. The first-order valence-electron chi connectivity index (χ1n) is 5.41. The minimum Gasteiger partial charge on any atom is -0.457 e. The van der Waals surface area contributed by atoms with Gasteiger partial charge in [-0.25, -0.2) is 4.79 Å². The Hall–Kier alpha value is 0.870. The minimum absolute atomic E-state index is 0.337. The van der Waals surface area contributed by atoms with Crippen molar-refractivity contribution in [2.24, 2.45) is 0 Å². The number of piperidine rings is 1. The third-order valence-electron chi connectivity index (χ3n) is 2.99. The summed E-state index contributed by atoms with van der Waals surface area (Å²) in [5, 5.41) is 0. The number of quaternary nitrogens is 1. The van der Waals surface area contributed by atoms with Crippen molar-refractivity contribution >= 4 is 53.8 Å². The van der Waals surface area contributed by atoms with E-state index in [9.17, 15) is 4.79 Å². The number of hydrogen-bond donors (Lipinski definition) is 0. The number of rotatable bonds is 3. The maximum atomic E-state index is 11.4. The molecule has 0 aromatic rings. The third kappa shape index (κ3) is 5.02. The van der Waals surface area contributed by atoms with Crippen LogP contribution in [0.2, 0.25) is 0 Å². The summed E-state index contributed by atoms with van der Waals surface area (Å²) in [5.41, 5.74) is 0. The Balaban J connectivity index is 2.27. The summed E-state index contributed by atoms with van der Waals surface area (Å²) >= 11 is 9.41. The summed E-state index contributed by atoms with van der Waals surface area (Å²) in [6.45, 7) is 3.76. The fourth-order valence-corrected chi connectivity index (χ4v) is 2.28. The van der Waals surface area contributed by atoms with Crippen LogP contribution in [0.4, 0.5) is 0 Å². The molecule has 0 unspecified atom stereocenters. The number of likely N-dealkylation sites (tertiary alicyclic amines) is 1. The van der Waals surface area contributed by atoms with Gasteiger partial charge in [0.25, 0.3) is 0 Å². The highest BCUT2D eigenvalue weighted by atomic mass is 80.0. The van der Waals surface area contributed by atoms with Gasteiger partial charge >= 0.3 is 5.97 Å².